The molecule has 0 unspecified atom stereocenters. The summed E-state index contributed by atoms with van der Waals surface area (Å²) in [6.45, 7) is 1.49. The average Bonchev–Trinajstić information content (AvgIpc) is 2.25. The van der Waals surface area contributed by atoms with E-state index >= 15 is 0 Å². The minimum absolute atomic E-state index is 0.149. The minimum atomic E-state index is -0.645. The fourth-order valence-electron chi connectivity index (χ4n) is 1.32. The predicted octanol–water partition coefficient (Wildman–Crippen LogP) is 4.15. The molecule has 0 radical (unpaired) electrons. The number of nitrogens with zero attached hydrogens (tertiary/aromatic N) is 2. The van der Waals surface area contributed by atoms with Gasteiger partial charge in [0.2, 0.25) is 0 Å². The molecule has 1 aromatic heterocycles. The Bertz CT molecular complexity index is 567. The van der Waals surface area contributed by atoms with Gasteiger partial charge in [-0.1, -0.05) is 11.6 Å². The summed E-state index contributed by atoms with van der Waals surface area (Å²) in [6, 6.07) is 4.06. The van der Waals surface area contributed by atoms with Gasteiger partial charge >= 0.3 is 0 Å². The van der Waals surface area contributed by atoms with E-state index in [9.17, 15) is 8.78 Å². The molecule has 0 saturated carbocycles. The van der Waals surface area contributed by atoms with Crippen molar-refractivity contribution in [2.75, 3.05) is 0 Å². The number of aryl methyl sites for hydroxylation is 1. The maximum absolute atomic E-state index is 13.3. The lowest BCUT2D eigenvalue weighted by atomic mass is 10.2. The Balaban J connectivity index is 2.61. The molecule has 0 aliphatic heterocycles. The highest BCUT2D eigenvalue weighted by atomic mass is 79.9. The molecule has 0 aliphatic carbocycles. The van der Waals surface area contributed by atoms with Crippen LogP contribution in [0.5, 0.6) is 0 Å². The van der Waals surface area contributed by atoms with Crippen molar-refractivity contribution in [2.24, 2.45) is 0 Å². The van der Waals surface area contributed by atoms with Crippen LogP contribution in [0.2, 0.25) is 5.15 Å². The van der Waals surface area contributed by atoms with Gasteiger partial charge in [0.1, 0.15) is 5.82 Å². The maximum Gasteiger partial charge on any atom is 0.181 e. The van der Waals surface area contributed by atoms with Crippen molar-refractivity contribution >= 4 is 27.5 Å². The third-order valence-electron chi connectivity index (χ3n) is 2.15. The van der Waals surface area contributed by atoms with Gasteiger partial charge in [-0.2, -0.15) is 0 Å². The summed E-state index contributed by atoms with van der Waals surface area (Å²) in [4.78, 5) is 7.79. The Labute approximate surface area is 110 Å². The molecule has 0 amide bonds. The molecule has 0 N–H and O–H groups in total. The standard InChI is InChI=1S/C11H6BrClF2N2/c1-5-9(15)10(13)17-11(16-5)7-3-2-6(14)4-8(7)12/h2-4H,1H3. The van der Waals surface area contributed by atoms with Gasteiger partial charge in [-0.3, -0.25) is 0 Å². The Morgan fingerprint density at radius 1 is 1.24 bits per heavy atom. The summed E-state index contributed by atoms with van der Waals surface area (Å²) in [6.07, 6.45) is 0. The lowest BCUT2D eigenvalue weighted by Gasteiger charge is -2.05. The summed E-state index contributed by atoms with van der Waals surface area (Å²) in [5.74, 6) is -0.778. The zero-order chi connectivity index (χ0) is 12.6. The summed E-state index contributed by atoms with van der Waals surface area (Å²) < 4.78 is 26.7. The van der Waals surface area contributed by atoms with Crippen LogP contribution in [0.15, 0.2) is 22.7 Å². The van der Waals surface area contributed by atoms with Crippen molar-refractivity contribution in [2.45, 2.75) is 6.92 Å². The quantitative estimate of drug-likeness (QED) is 0.738. The van der Waals surface area contributed by atoms with Crippen LogP contribution < -0.4 is 0 Å². The Hall–Kier alpha value is -1.07. The van der Waals surface area contributed by atoms with Crippen molar-refractivity contribution in [1.82, 2.24) is 9.97 Å². The molecule has 2 rings (SSSR count). The van der Waals surface area contributed by atoms with Crippen LogP contribution in [0.25, 0.3) is 11.4 Å². The first-order valence-electron chi connectivity index (χ1n) is 4.64. The molecule has 0 aliphatic rings. The second-order valence-electron chi connectivity index (χ2n) is 3.36. The van der Waals surface area contributed by atoms with Crippen LogP contribution in [0.3, 0.4) is 0 Å². The van der Waals surface area contributed by atoms with Gasteiger partial charge in [-0.15, -0.1) is 0 Å². The van der Waals surface area contributed by atoms with E-state index in [1.807, 2.05) is 0 Å². The average molecular weight is 320 g/mol. The Kier molecular flexibility index (Phi) is 3.40. The van der Waals surface area contributed by atoms with Crippen molar-refractivity contribution in [3.05, 3.63) is 45.2 Å². The smallest absolute Gasteiger partial charge is 0.181 e. The molecule has 0 spiro atoms. The first-order chi connectivity index (χ1) is 7.99. The van der Waals surface area contributed by atoms with Gasteiger partial charge in [0, 0.05) is 10.0 Å². The Morgan fingerprint density at radius 2 is 1.94 bits per heavy atom. The molecule has 2 aromatic rings. The third kappa shape index (κ3) is 2.45. The number of rotatable bonds is 1. The van der Waals surface area contributed by atoms with E-state index in [4.69, 9.17) is 11.6 Å². The molecule has 1 aromatic carbocycles. The highest BCUT2D eigenvalue weighted by molar-refractivity contribution is 9.10. The molecule has 0 fully saturated rings. The van der Waals surface area contributed by atoms with Crippen LogP contribution >= 0.6 is 27.5 Å². The maximum atomic E-state index is 13.3. The van der Waals surface area contributed by atoms with Gasteiger partial charge in [0.15, 0.2) is 16.8 Å². The van der Waals surface area contributed by atoms with Gasteiger partial charge in [-0.25, -0.2) is 18.7 Å². The molecule has 2 nitrogen and oxygen atoms in total. The van der Waals surface area contributed by atoms with Crippen LogP contribution in [0.4, 0.5) is 8.78 Å². The van der Waals surface area contributed by atoms with Crippen molar-refractivity contribution < 1.29 is 8.78 Å². The van der Waals surface area contributed by atoms with Crippen LogP contribution in [-0.2, 0) is 0 Å². The van der Waals surface area contributed by atoms with E-state index in [1.165, 1.54) is 25.1 Å². The van der Waals surface area contributed by atoms with E-state index < -0.39 is 5.82 Å². The molecular formula is C11H6BrClF2N2. The number of benzene rings is 1. The largest absolute Gasteiger partial charge is 0.230 e. The first-order valence-corrected chi connectivity index (χ1v) is 5.81. The van der Waals surface area contributed by atoms with E-state index in [2.05, 4.69) is 25.9 Å². The van der Waals surface area contributed by atoms with Crippen LogP contribution in [-0.4, -0.2) is 9.97 Å². The van der Waals surface area contributed by atoms with Crippen LogP contribution in [0, 0.1) is 18.6 Å². The summed E-state index contributed by atoms with van der Waals surface area (Å²) in [5.41, 5.74) is 0.702. The Morgan fingerprint density at radius 3 is 2.53 bits per heavy atom. The normalized spacial score (nSPS) is 10.6. The van der Waals surface area contributed by atoms with Gasteiger partial charge in [0.25, 0.3) is 0 Å². The van der Waals surface area contributed by atoms with E-state index in [0.29, 0.717) is 10.0 Å². The summed E-state index contributed by atoms with van der Waals surface area (Å²) in [7, 11) is 0. The summed E-state index contributed by atoms with van der Waals surface area (Å²) >= 11 is 8.83. The third-order valence-corrected chi connectivity index (χ3v) is 3.05. The van der Waals surface area contributed by atoms with Crippen molar-refractivity contribution in [1.29, 1.82) is 0 Å². The molecular weight excluding hydrogens is 313 g/mol. The molecule has 0 bridgehead atoms. The highest BCUT2D eigenvalue weighted by Gasteiger charge is 2.13. The van der Waals surface area contributed by atoms with Crippen LogP contribution in [0.1, 0.15) is 5.69 Å². The molecule has 88 valence electrons. The molecule has 6 heteroatoms. The fraction of sp³-hybridized carbons (Fsp3) is 0.0909. The number of hydrogen-bond acceptors (Lipinski definition) is 2. The topological polar surface area (TPSA) is 25.8 Å². The van der Waals surface area contributed by atoms with E-state index in [0.717, 1.165) is 0 Å². The zero-order valence-electron chi connectivity index (χ0n) is 8.64. The lowest BCUT2D eigenvalue weighted by Crippen LogP contribution is -1.98. The minimum Gasteiger partial charge on any atom is -0.230 e. The van der Waals surface area contributed by atoms with Gasteiger partial charge < -0.3 is 0 Å². The van der Waals surface area contributed by atoms with Gasteiger partial charge in [-0.05, 0) is 41.1 Å². The van der Waals surface area contributed by atoms with E-state index in [-0.39, 0.29) is 22.5 Å². The van der Waals surface area contributed by atoms with Crippen molar-refractivity contribution in [3.8, 4) is 11.4 Å². The predicted molar refractivity (Wildman–Crippen MR) is 64.8 cm³/mol. The molecule has 0 atom stereocenters. The van der Waals surface area contributed by atoms with Gasteiger partial charge in [0.05, 0.1) is 5.69 Å². The number of aromatic nitrogens is 2. The number of hydrogen-bond donors (Lipinski definition) is 0. The second-order valence-corrected chi connectivity index (χ2v) is 4.57. The fourth-order valence-corrected chi connectivity index (χ4v) is 2.06. The number of halogens is 4. The summed E-state index contributed by atoms with van der Waals surface area (Å²) in [5, 5.41) is -0.247. The zero-order valence-corrected chi connectivity index (χ0v) is 11.0. The monoisotopic (exact) mass is 318 g/mol. The highest BCUT2D eigenvalue weighted by Crippen LogP contribution is 2.28. The molecule has 1 heterocycles. The second kappa shape index (κ2) is 4.66. The first kappa shape index (κ1) is 12.4. The lowest BCUT2D eigenvalue weighted by molar-refractivity contribution is 0.603. The van der Waals surface area contributed by atoms with Crippen molar-refractivity contribution in [3.63, 3.8) is 0 Å². The molecule has 0 saturated heterocycles. The molecule has 17 heavy (non-hydrogen) atoms. The van der Waals surface area contributed by atoms with E-state index in [1.54, 1.807) is 0 Å². The SMILES string of the molecule is Cc1nc(-c2ccc(F)cc2Br)nc(Cl)c1F.